The van der Waals surface area contributed by atoms with Crippen molar-refractivity contribution in [3.8, 4) is 0 Å². The predicted octanol–water partition coefficient (Wildman–Crippen LogP) is 0.806. The molecule has 0 aliphatic carbocycles. The van der Waals surface area contributed by atoms with Crippen LogP contribution in [-0.2, 0) is 9.53 Å². The molecule has 0 aromatic rings. The molecule has 0 aromatic heterocycles. The van der Waals surface area contributed by atoms with Crippen LogP contribution in [0, 0.1) is 0 Å². The van der Waals surface area contributed by atoms with Crippen molar-refractivity contribution in [1.82, 2.24) is 0 Å². The minimum atomic E-state index is -0.882. The van der Waals surface area contributed by atoms with Crippen LogP contribution in [0.1, 0.15) is 13.3 Å². The molecule has 0 saturated carbocycles. The zero-order chi connectivity index (χ0) is 7.56. The fourth-order valence-electron chi connectivity index (χ4n) is 1.01. The van der Waals surface area contributed by atoms with Crippen LogP contribution in [0.15, 0.2) is 11.6 Å². The number of ether oxygens (including phenoxy) is 1. The molecular formula is C7H10O3. The molecule has 1 N–H and O–H groups in total. The summed E-state index contributed by atoms with van der Waals surface area (Å²) in [6, 6.07) is 0. The fourth-order valence-corrected chi connectivity index (χ4v) is 1.01. The molecule has 1 atom stereocenters. The van der Waals surface area contributed by atoms with Crippen LogP contribution in [0.5, 0.6) is 0 Å². The highest BCUT2D eigenvalue weighted by Gasteiger charge is 2.16. The summed E-state index contributed by atoms with van der Waals surface area (Å²) < 4.78 is 5.13. The van der Waals surface area contributed by atoms with Gasteiger partial charge in [0.2, 0.25) is 0 Å². The first-order chi connectivity index (χ1) is 4.70. The summed E-state index contributed by atoms with van der Waals surface area (Å²) in [5.41, 5.74) is 0.882. The second-order valence-electron chi connectivity index (χ2n) is 2.32. The van der Waals surface area contributed by atoms with Crippen molar-refractivity contribution in [3.05, 3.63) is 11.6 Å². The first-order valence-electron chi connectivity index (χ1n) is 3.25. The second-order valence-corrected chi connectivity index (χ2v) is 2.32. The first-order valence-corrected chi connectivity index (χ1v) is 3.25. The average Bonchev–Trinajstić information content (AvgIpc) is 2.15. The average molecular weight is 142 g/mol. The maximum Gasteiger partial charge on any atom is 0.328 e. The van der Waals surface area contributed by atoms with Gasteiger partial charge in [-0.3, -0.25) is 0 Å². The Balaban J connectivity index is 2.62. The molecular weight excluding hydrogens is 132 g/mol. The van der Waals surface area contributed by atoms with Gasteiger partial charge in [0.05, 0.1) is 12.7 Å². The summed E-state index contributed by atoms with van der Waals surface area (Å²) >= 11 is 0. The van der Waals surface area contributed by atoms with Gasteiger partial charge >= 0.3 is 5.97 Å². The number of carboxylic acids is 1. The Kier molecular flexibility index (Phi) is 2.06. The molecule has 1 heterocycles. The Hall–Kier alpha value is -0.830. The van der Waals surface area contributed by atoms with Crippen LogP contribution in [0.4, 0.5) is 0 Å². The van der Waals surface area contributed by atoms with Gasteiger partial charge in [-0.25, -0.2) is 4.79 Å². The van der Waals surface area contributed by atoms with Gasteiger partial charge in [-0.05, 0) is 18.9 Å². The molecule has 1 aliphatic heterocycles. The molecule has 0 amide bonds. The van der Waals surface area contributed by atoms with Crippen LogP contribution in [-0.4, -0.2) is 23.8 Å². The Labute approximate surface area is 59.3 Å². The molecule has 56 valence electrons. The van der Waals surface area contributed by atoms with Crippen LogP contribution in [0.25, 0.3) is 0 Å². The van der Waals surface area contributed by atoms with Crippen LogP contribution < -0.4 is 0 Å². The van der Waals surface area contributed by atoms with Crippen LogP contribution in [0.2, 0.25) is 0 Å². The van der Waals surface area contributed by atoms with Gasteiger partial charge in [0, 0.05) is 6.08 Å². The van der Waals surface area contributed by atoms with Gasteiger partial charge in [0.25, 0.3) is 0 Å². The summed E-state index contributed by atoms with van der Waals surface area (Å²) in [6.07, 6.45) is 1.99. The molecule has 0 bridgehead atoms. The minimum Gasteiger partial charge on any atom is -0.478 e. The van der Waals surface area contributed by atoms with Crippen LogP contribution >= 0.6 is 0 Å². The van der Waals surface area contributed by atoms with Gasteiger partial charge in [0.15, 0.2) is 0 Å². The molecule has 1 rings (SSSR count). The van der Waals surface area contributed by atoms with Crippen molar-refractivity contribution < 1.29 is 14.6 Å². The van der Waals surface area contributed by atoms with Crippen molar-refractivity contribution in [2.75, 3.05) is 6.61 Å². The van der Waals surface area contributed by atoms with Gasteiger partial charge in [-0.15, -0.1) is 0 Å². The third-order valence-corrected chi connectivity index (χ3v) is 1.59. The van der Waals surface area contributed by atoms with Crippen molar-refractivity contribution in [2.24, 2.45) is 0 Å². The van der Waals surface area contributed by atoms with E-state index < -0.39 is 5.97 Å². The topological polar surface area (TPSA) is 46.5 Å². The lowest BCUT2D eigenvalue weighted by atomic mass is 10.1. The molecule has 3 heteroatoms. The largest absolute Gasteiger partial charge is 0.478 e. The van der Waals surface area contributed by atoms with E-state index in [9.17, 15) is 4.79 Å². The van der Waals surface area contributed by atoms with E-state index in [0.29, 0.717) is 6.61 Å². The maximum atomic E-state index is 10.2. The standard InChI is InChI=1S/C7H10O3/c1-5-6(2-3-10-5)4-7(8)9/h4-5H,2-3H2,1H3,(H,8,9)/b6-4+/t5-/m0/s1. The minimum absolute atomic E-state index is 0.00361. The monoisotopic (exact) mass is 142 g/mol. The number of hydrogen-bond acceptors (Lipinski definition) is 2. The van der Waals surface area contributed by atoms with Gasteiger partial charge in [0.1, 0.15) is 0 Å². The molecule has 0 spiro atoms. The summed E-state index contributed by atoms with van der Waals surface area (Å²) in [4.78, 5) is 10.2. The SMILES string of the molecule is C[C@@H]1OCC/C1=C\C(=O)O. The highest BCUT2D eigenvalue weighted by Crippen LogP contribution is 2.18. The number of hydrogen-bond donors (Lipinski definition) is 1. The number of carbonyl (C=O) groups is 1. The van der Waals surface area contributed by atoms with Gasteiger partial charge in [-0.1, -0.05) is 0 Å². The summed E-state index contributed by atoms with van der Waals surface area (Å²) in [5, 5.41) is 8.36. The van der Waals surface area contributed by atoms with Crippen molar-refractivity contribution in [1.29, 1.82) is 0 Å². The molecule has 0 unspecified atom stereocenters. The lowest BCUT2D eigenvalue weighted by Crippen LogP contribution is -2.02. The molecule has 1 saturated heterocycles. The Morgan fingerprint density at radius 1 is 1.90 bits per heavy atom. The lowest BCUT2D eigenvalue weighted by Gasteiger charge is -2.00. The summed E-state index contributed by atoms with van der Waals surface area (Å²) in [7, 11) is 0. The molecule has 0 aromatic carbocycles. The Bertz CT molecular complexity index is 172. The second kappa shape index (κ2) is 2.84. The zero-order valence-corrected chi connectivity index (χ0v) is 5.83. The maximum absolute atomic E-state index is 10.2. The van der Waals surface area contributed by atoms with E-state index in [4.69, 9.17) is 9.84 Å². The lowest BCUT2D eigenvalue weighted by molar-refractivity contribution is -0.131. The van der Waals surface area contributed by atoms with Gasteiger partial charge in [-0.2, -0.15) is 0 Å². The Morgan fingerprint density at radius 2 is 2.60 bits per heavy atom. The third kappa shape index (κ3) is 1.57. The van der Waals surface area contributed by atoms with Gasteiger partial charge < -0.3 is 9.84 Å². The van der Waals surface area contributed by atoms with Crippen molar-refractivity contribution in [3.63, 3.8) is 0 Å². The summed E-state index contributed by atoms with van der Waals surface area (Å²) in [5.74, 6) is -0.882. The normalized spacial score (nSPS) is 29.3. The highest BCUT2D eigenvalue weighted by atomic mass is 16.5. The first kappa shape index (κ1) is 7.28. The molecule has 3 nitrogen and oxygen atoms in total. The molecule has 1 fully saturated rings. The van der Waals surface area contributed by atoms with E-state index in [1.54, 1.807) is 0 Å². The predicted molar refractivity (Wildman–Crippen MR) is 35.7 cm³/mol. The van der Waals surface area contributed by atoms with E-state index in [2.05, 4.69) is 0 Å². The number of carboxylic acid groups (broad SMARTS) is 1. The van der Waals surface area contributed by atoms with Crippen molar-refractivity contribution in [2.45, 2.75) is 19.4 Å². The van der Waals surface area contributed by atoms with E-state index in [0.717, 1.165) is 12.0 Å². The number of aliphatic carboxylic acids is 1. The van der Waals surface area contributed by atoms with E-state index in [1.807, 2.05) is 6.92 Å². The molecule has 10 heavy (non-hydrogen) atoms. The fraction of sp³-hybridized carbons (Fsp3) is 0.571. The van der Waals surface area contributed by atoms with E-state index >= 15 is 0 Å². The van der Waals surface area contributed by atoms with Crippen molar-refractivity contribution >= 4 is 5.97 Å². The highest BCUT2D eigenvalue weighted by molar-refractivity contribution is 5.80. The Morgan fingerprint density at radius 3 is 3.00 bits per heavy atom. The third-order valence-electron chi connectivity index (χ3n) is 1.59. The molecule has 1 aliphatic rings. The van der Waals surface area contributed by atoms with E-state index in [-0.39, 0.29) is 6.10 Å². The smallest absolute Gasteiger partial charge is 0.328 e. The zero-order valence-electron chi connectivity index (χ0n) is 5.83. The quantitative estimate of drug-likeness (QED) is 0.551. The van der Waals surface area contributed by atoms with E-state index in [1.165, 1.54) is 6.08 Å². The van der Waals surface area contributed by atoms with Crippen LogP contribution in [0.3, 0.4) is 0 Å². The molecule has 0 radical (unpaired) electrons. The summed E-state index contributed by atoms with van der Waals surface area (Å²) in [6.45, 7) is 2.52. The number of rotatable bonds is 1.